The van der Waals surface area contributed by atoms with Crippen LogP contribution in [0.1, 0.15) is 49.9 Å². The lowest BCUT2D eigenvalue weighted by Gasteiger charge is -2.39. The first-order chi connectivity index (χ1) is 14.6. The number of aliphatic hydroxyl groups is 1. The monoisotopic (exact) mass is 443 g/mol. The van der Waals surface area contributed by atoms with E-state index in [1.165, 1.54) is 0 Å². The molecule has 0 radical (unpaired) electrons. The zero-order valence-electron chi connectivity index (χ0n) is 18.3. The number of nitrogens with zero attached hydrogens (tertiary/aromatic N) is 2. The molecular formula is C22H32F3N3O3. The molecule has 9 heteroatoms. The molecule has 0 spiro atoms. The number of amides is 1. The fraction of sp³-hybridized carbons (Fsp3) is 0.727. The Hall–Kier alpha value is -1.71. The fourth-order valence-electron chi connectivity index (χ4n) is 4.81. The van der Waals surface area contributed by atoms with Crippen molar-refractivity contribution in [2.24, 2.45) is 11.3 Å². The molecule has 1 saturated carbocycles. The molecule has 1 aliphatic heterocycles. The van der Waals surface area contributed by atoms with Crippen molar-refractivity contribution in [1.82, 2.24) is 15.2 Å². The Morgan fingerprint density at radius 3 is 2.81 bits per heavy atom. The van der Waals surface area contributed by atoms with Crippen molar-refractivity contribution in [3.05, 3.63) is 29.1 Å². The molecule has 3 rings (SSSR count). The molecule has 1 amide bonds. The lowest BCUT2D eigenvalue weighted by atomic mass is 9.74. The summed E-state index contributed by atoms with van der Waals surface area (Å²) in [4.78, 5) is 19.3. The summed E-state index contributed by atoms with van der Waals surface area (Å²) in [6, 6.07) is 1.26. The van der Waals surface area contributed by atoms with E-state index in [1.54, 1.807) is 12.0 Å². The van der Waals surface area contributed by atoms with Gasteiger partial charge in [0.05, 0.1) is 23.7 Å². The van der Waals surface area contributed by atoms with Gasteiger partial charge < -0.3 is 20.1 Å². The fourth-order valence-corrected chi connectivity index (χ4v) is 4.81. The van der Waals surface area contributed by atoms with Gasteiger partial charge in [-0.15, -0.1) is 0 Å². The number of alkyl halides is 3. The number of methoxy groups -OCH3 is 1. The quantitative estimate of drug-likeness (QED) is 0.678. The number of halogens is 3. The molecule has 31 heavy (non-hydrogen) atoms. The summed E-state index contributed by atoms with van der Waals surface area (Å²) in [5.41, 5.74) is -0.213. The Balaban J connectivity index is 1.73. The second-order valence-corrected chi connectivity index (χ2v) is 9.00. The predicted molar refractivity (Wildman–Crippen MR) is 109 cm³/mol. The van der Waals surface area contributed by atoms with Crippen LogP contribution < -0.4 is 5.32 Å². The summed E-state index contributed by atoms with van der Waals surface area (Å²) >= 11 is 0. The molecular weight excluding hydrogens is 411 g/mol. The number of pyridine rings is 1. The third-order valence-corrected chi connectivity index (χ3v) is 6.91. The summed E-state index contributed by atoms with van der Waals surface area (Å²) in [5, 5.41) is 12.7. The number of hydrogen-bond donors (Lipinski definition) is 2. The number of carbonyl (C=O) groups is 1. The van der Waals surface area contributed by atoms with Crippen LogP contribution in [0.25, 0.3) is 0 Å². The molecule has 0 bridgehead atoms. The minimum atomic E-state index is -4.45. The summed E-state index contributed by atoms with van der Waals surface area (Å²) < 4.78 is 44.5. The van der Waals surface area contributed by atoms with Crippen molar-refractivity contribution in [3.63, 3.8) is 0 Å². The topological polar surface area (TPSA) is 74.7 Å². The number of nitrogens with one attached hydrogen (secondary N) is 1. The third kappa shape index (κ3) is 5.04. The zero-order chi connectivity index (χ0) is 22.8. The van der Waals surface area contributed by atoms with E-state index in [-0.39, 0.29) is 37.1 Å². The van der Waals surface area contributed by atoms with Crippen molar-refractivity contribution in [3.8, 4) is 0 Å². The minimum absolute atomic E-state index is 0.0142. The first kappa shape index (κ1) is 23.9. The molecule has 1 aromatic rings. The van der Waals surface area contributed by atoms with Gasteiger partial charge in [-0.2, -0.15) is 13.2 Å². The Bertz CT molecular complexity index is 783. The average molecular weight is 444 g/mol. The second kappa shape index (κ2) is 9.42. The maximum absolute atomic E-state index is 13.6. The van der Waals surface area contributed by atoms with Crippen molar-refractivity contribution in [2.75, 3.05) is 26.8 Å². The largest absolute Gasteiger partial charge is 0.417 e. The highest BCUT2D eigenvalue weighted by Gasteiger charge is 2.49. The maximum Gasteiger partial charge on any atom is 0.417 e. The molecule has 6 nitrogen and oxygen atoms in total. The SMILES string of the molecule is CO[C@@H](CO)CN[C@@H]1CC[C@@](C(=O)N2CCc3ncc(C(F)(F)F)cc3C2)(C(C)C)C1. The number of aliphatic hydroxyl groups excluding tert-OH is 1. The van der Waals surface area contributed by atoms with Crippen LogP contribution in [0, 0.1) is 11.3 Å². The Kier molecular flexibility index (Phi) is 7.28. The van der Waals surface area contributed by atoms with Crippen LogP contribution in [-0.2, 0) is 28.7 Å². The van der Waals surface area contributed by atoms with Gasteiger partial charge in [0.25, 0.3) is 0 Å². The van der Waals surface area contributed by atoms with Crippen molar-refractivity contribution >= 4 is 5.91 Å². The van der Waals surface area contributed by atoms with Gasteiger partial charge in [-0.1, -0.05) is 13.8 Å². The number of aromatic nitrogens is 1. The number of ether oxygens (including phenoxy) is 1. The zero-order valence-corrected chi connectivity index (χ0v) is 18.3. The second-order valence-electron chi connectivity index (χ2n) is 9.00. The summed E-state index contributed by atoms with van der Waals surface area (Å²) in [6.45, 7) is 5.12. The molecule has 3 atom stereocenters. The Morgan fingerprint density at radius 1 is 1.45 bits per heavy atom. The van der Waals surface area contributed by atoms with Crippen LogP contribution in [0.2, 0.25) is 0 Å². The number of fused-ring (bicyclic) bond motifs is 1. The molecule has 1 aromatic heterocycles. The van der Waals surface area contributed by atoms with E-state index < -0.39 is 17.2 Å². The number of hydrogen-bond acceptors (Lipinski definition) is 5. The van der Waals surface area contributed by atoms with E-state index in [1.807, 2.05) is 13.8 Å². The summed E-state index contributed by atoms with van der Waals surface area (Å²) in [5.74, 6) is 0.115. The lowest BCUT2D eigenvalue weighted by Crippen LogP contribution is -2.48. The molecule has 1 aliphatic carbocycles. The third-order valence-electron chi connectivity index (χ3n) is 6.91. The summed E-state index contributed by atoms with van der Waals surface area (Å²) in [7, 11) is 1.55. The molecule has 2 aliphatic rings. The maximum atomic E-state index is 13.6. The minimum Gasteiger partial charge on any atom is -0.394 e. The van der Waals surface area contributed by atoms with Gasteiger partial charge in [0.15, 0.2) is 0 Å². The van der Waals surface area contributed by atoms with Crippen LogP contribution in [0.3, 0.4) is 0 Å². The van der Waals surface area contributed by atoms with Gasteiger partial charge in [-0.25, -0.2) is 0 Å². The van der Waals surface area contributed by atoms with Crippen LogP contribution in [0.15, 0.2) is 12.3 Å². The average Bonchev–Trinajstić information content (AvgIpc) is 3.18. The standard InChI is InChI=1S/C22H32F3N3O3/c1-14(2)21(6-4-17(9-21)26-11-18(13-29)31-3)20(30)28-7-5-19-15(12-28)8-16(10-27-19)22(23,24)25/h8,10,14,17-18,26,29H,4-7,9,11-13H2,1-3H3/t17-,18-,21+/m1/s1. The van der Waals surface area contributed by atoms with Gasteiger partial charge >= 0.3 is 6.18 Å². The van der Waals surface area contributed by atoms with Crippen LogP contribution >= 0.6 is 0 Å². The smallest absolute Gasteiger partial charge is 0.394 e. The Labute approximate surface area is 181 Å². The first-order valence-corrected chi connectivity index (χ1v) is 10.8. The van der Waals surface area contributed by atoms with E-state index in [9.17, 15) is 23.1 Å². The predicted octanol–water partition coefficient (Wildman–Crippen LogP) is 2.78. The van der Waals surface area contributed by atoms with Crippen molar-refractivity contribution in [1.29, 1.82) is 0 Å². The van der Waals surface area contributed by atoms with Gasteiger partial charge in [0.1, 0.15) is 0 Å². The summed E-state index contributed by atoms with van der Waals surface area (Å²) in [6.07, 6.45) is -1.20. The van der Waals surface area contributed by atoms with E-state index in [4.69, 9.17) is 4.74 Å². The van der Waals surface area contributed by atoms with Crippen molar-refractivity contribution < 1.29 is 27.8 Å². The lowest BCUT2D eigenvalue weighted by molar-refractivity contribution is -0.145. The van der Waals surface area contributed by atoms with E-state index >= 15 is 0 Å². The highest BCUT2D eigenvalue weighted by Crippen LogP contribution is 2.46. The number of rotatable bonds is 7. The number of carbonyl (C=O) groups excluding carboxylic acids is 1. The molecule has 0 aromatic carbocycles. The van der Waals surface area contributed by atoms with Crippen LogP contribution in [0.4, 0.5) is 13.2 Å². The van der Waals surface area contributed by atoms with E-state index in [0.717, 1.165) is 25.1 Å². The Morgan fingerprint density at radius 2 is 2.19 bits per heavy atom. The molecule has 2 heterocycles. The first-order valence-electron chi connectivity index (χ1n) is 10.8. The van der Waals surface area contributed by atoms with E-state index in [0.29, 0.717) is 37.2 Å². The molecule has 174 valence electrons. The van der Waals surface area contributed by atoms with Crippen LogP contribution in [-0.4, -0.2) is 59.8 Å². The van der Waals surface area contributed by atoms with Crippen molar-refractivity contribution in [2.45, 2.75) is 64.4 Å². The van der Waals surface area contributed by atoms with E-state index in [2.05, 4.69) is 10.3 Å². The van der Waals surface area contributed by atoms with Gasteiger partial charge in [0.2, 0.25) is 5.91 Å². The highest BCUT2D eigenvalue weighted by molar-refractivity contribution is 5.83. The highest BCUT2D eigenvalue weighted by atomic mass is 19.4. The van der Waals surface area contributed by atoms with Crippen LogP contribution in [0.5, 0.6) is 0 Å². The molecule has 2 N–H and O–H groups in total. The van der Waals surface area contributed by atoms with Gasteiger partial charge in [0, 0.05) is 51.1 Å². The van der Waals surface area contributed by atoms with Gasteiger partial charge in [-0.3, -0.25) is 9.78 Å². The van der Waals surface area contributed by atoms with Gasteiger partial charge in [-0.05, 0) is 36.8 Å². The normalized spacial score (nSPS) is 25.0. The molecule has 0 unspecified atom stereocenters. The molecule has 0 saturated heterocycles. The molecule has 1 fully saturated rings.